The van der Waals surface area contributed by atoms with Gasteiger partial charge in [-0.15, -0.1) is 13.2 Å². The zero-order valence-electron chi connectivity index (χ0n) is 22.1. The quantitative estimate of drug-likeness (QED) is 0.117. The molecule has 0 radical (unpaired) electrons. The number of hydrogen-bond acceptors (Lipinski definition) is 8. The molecule has 204 valence electrons. The summed E-state index contributed by atoms with van der Waals surface area (Å²) in [6.45, 7) is 18.8. The van der Waals surface area contributed by atoms with E-state index in [1.807, 2.05) is 30.3 Å². The van der Waals surface area contributed by atoms with Gasteiger partial charge in [0, 0.05) is 16.5 Å². The lowest BCUT2D eigenvalue weighted by molar-refractivity contribution is -0.149. The summed E-state index contributed by atoms with van der Waals surface area (Å²) >= 11 is 0. The largest absolute Gasteiger partial charge is 0.490 e. The van der Waals surface area contributed by atoms with Crippen LogP contribution in [0.4, 0.5) is 0 Å². The molecule has 2 rings (SSSR count). The number of carbonyl (C=O) groups is 2. The van der Waals surface area contributed by atoms with E-state index >= 15 is 0 Å². The Hall–Kier alpha value is -3.88. The number of carbonyl (C=O) groups excluding carboxylic acids is 2. The van der Waals surface area contributed by atoms with Crippen LogP contribution in [0.3, 0.4) is 0 Å². The molecule has 0 spiro atoms. The summed E-state index contributed by atoms with van der Waals surface area (Å²) in [6.07, 6.45) is 1.98. The molecular weight excluding hydrogens is 488 g/mol. The Morgan fingerprint density at radius 1 is 0.789 bits per heavy atom. The topological polar surface area (TPSA) is 89.5 Å². The smallest absolute Gasteiger partial charge is 0.333 e. The van der Waals surface area contributed by atoms with E-state index in [4.69, 9.17) is 28.4 Å². The molecule has 2 aromatic rings. The molecule has 0 bridgehead atoms. The van der Waals surface area contributed by atoms with Crippen LogP contribution in [0.25, 0.3) is 10.8 Å². The number of hydrogen-bond donors (Lipinski definition) is 0. The summed E-state index contributed by atoms with van der Waals surface area (Å²) < 4.78 is 33.7. The minimum atomic E-state index is -0.626. The van der Waals surface area contributed by atoms with E-state index in [1.54, 1.807) is 32.1 Å². The van der Waals surface area contributed by atoms with E-state index < -0.39 is 24.1 Å². The highest BCUT2D eigenvalue weighted by atomic mass is 16.6. The second-order valence-electron chi connectivity index (χ2n) is 8.53. The molecule has 38 heavy (non-hydrogen) atoms. The molecule has 2 atom stereocenters. The molecule has 8 nitrogen and oxygen atoms in total. The maximum atomic E-state index is 12.0. The van der Waals surface area contributed by atoms with Crippen molar-refractivity contribution in [2.75, 3.05) is 39.6 Å². The summed E-state index contributed by atoms with van der Waals surface area (Å²) in [5.74, 6) is 0.173. The molecule has 0 heterocycles. The van der Waals surface area contributed by atoms with Gasteiger partial charge < -0.3 is 28.4 Å². The second-order valence-corrected chi connectivity index (χ2v) is 8.53. The van der Waals surface area contributed by atoms with Crippen LogP contribution in [0, 0.1) is 0 Å². The van der Waals surface area contributed by atoms with Crippen molar-refractivity contribution < 1.29 is 38.0 Å². The number of rotatable bonds is 18. The van der Waals surface area contributed by atoms with Gasteiger partial charge in [-0.2, -0.15) is 0 Å². The highest BCUT2D eigenvalue weighted by Gasteiger charge is 2.18. The van der Waals surface area contributed by atoms with Crippen LogP contribution in [0.15, 0.2) is 86.0 Å². The monoisotopic (exact) mass is 524 g/mol. The van der Waals surface area contributed by atoms with Crippen LogP contribution < -0.4 is 9.47 Å². The van der Waals surface area contributed by atoms with Gasteiger partial charge >= 0.3 is 11.9 Å². The average Bonchev–Trinajstić information content (AvgIpc) is 2.89. The van der Waals surface area contributed by atoms with Crippen molar-refractivity contribution >= 4 is 22.7 Å². The van der Waals surface area contributed by atoms with Gasteiger partial charge in [0.1, 0.15) is 24.7 Å². The molecule has 0 aromatic heterocycles. The van der Waals surface area contributed by atoms with E-state index in [0.717, 1.165) is 10.8 Å². The molecule has 0 amide bonds. The first-order valence-corrected chi connectivity index (χ1v) is 12.1. The van der Waals surface area contributed by atoms with Gasteiger partial charge in [0.25, 0.3) is 0 Å². The van der Waals surface area contributed by atoms with E-state index in [-0.39, 0.29) is 26.4 Å². The molecule has 0 fully saturated rings. The molecule has 0 saturated heterocycles. The lowest BCUT2D eigenvalue weighted by Gasteiger charge is -2.20. The van der Waals surface area contributed by atoms with Gasteiger partial charge in [0.2, 0.25) is 0 Å². The first kappa shape index (κ1) is 30.3. The summed E-state index contributed by atoms with van der Waals surface area (Å²) in [6, 6.07) is 11.1. The van der Waals surface area contributed by atoms with Crippen molar-refractivity contribution in [3.8, 4) is 11.5 Å². The minimum Gasteiger partial charge on any atom is -0.490 e. The number of benzene rings is 2. The summed E-state index contributed by atoms with van der Waals surface area (Å²) in [5, 5.41) is 1.72. The van der Waals surface area contributed by atoms with E-state index in [2.05, 4.69) is 26.3 Å². The molecule has 0 aliphatic carbocycles. The van der Waals surface area contributed by atoms with Gasteiger partial charge in [0.15, 0.2) is 12.2 Å². The van der Waals surface area contributed by atoms with Crippen LogP contribution in [0.2, 0.25) is 0 Å². The van der Waals surface area contributed by atoms with Gasteiger partial charge in [-0.3, -0.25) is 0 Å². The third kappa shape index (κ3) is 10.2. The van der Waals surface area contributed by atoms with E-state index in [9.17, 15) is 9.59 Å². The maximum Gasteiger partial charge on any atom is 0.333 e. The molecule has 0 N–H and O–H groups in total. The van der Waals surface area contributed by atoms with Crippen LogP contribution >= 0.6 is 0 Å². The highest BCUT2D eigenvalue weighted by Crippen LogP contribution is 2.29. The Morgan fingerprint density at radius 3 is 1.87 bits per heavy atom. The fourth-order valence-corrected chi connectivity index (χ4v) is 3.12. The summed E-state index contributed by atoms with van der Waals surface area (Å²) in [4.78, 5) is 24.0. The predicted molar refractivity (Wildman–Crippen MR) is 146 cm³/mol. The van der Waals surface area contributed by atoms with Crippen LogP contribution in [-0.2, 0) is 28.5 Å². The molecule has 2 unspecified atom stereocenters. The third-order valence-corrected chi connectivity index (χ3v) is 5.00. The molecule has 2 aromatic carbocycles. The van der Waals surface area contributed by atoms with E-state index in [0.29, 0.717) is 35.9 Å². The SMILES string of the molecule is C=CCOCC(COc1ccc2c(OCC(COCC=C)OC(=O)C(=C)C)cccc2c1)OC(=O)C(=C)C. The van der Waals surface area contributed by atoms with Gasteiger partial charge in [-0.1, -0.05) is 37.4 Å². The summed E-state index contributed by atoms with van der Waals surface area (Å²) in [7, 11) is 0. The number of esters is 2. The van der Waals surface area contributed by atoms with Crippen molar-refractivity contribution in [3.63, 3.8) is 0 Å². The zero-order chi connectivity index (χ0) is 27.9. The maximum absolute atomic E-state index is 12.0. The Kier molecular flexibility index (Phi) is 12.8. The first-order valence-electron chi connectivity index (χ1n) is 12.1. The predicted octanol–water partition coefficient (Wildman–Crippen LogP) is 4.98. The fourth-order valence-electron chi connectivity index (χ4n) is 3.12. The van der Waals surface area contributed by atoms with Crippen molar-refractivity contribution in [3.05, 3.63) is 86.0 Å². The van der Waals surface area contributed by atoms with Gasteiger partial charge in [-0.25, -0.2) is 9.59 Å². The fraction of sp³-hybridized carbons (Fsp3) is 0.333. The lowest BCUT2D eigenvalue weighted by Crippen LogP contribution is -2.30. The molecular formula is C30H36O8. The van der Waals surface area contributed by atoms with Gasteiger partial charge in [0.05, 0.1) is 26.4 Å². The number of fused-ring (bicyclic) bond motifs is 1. The van der Waals surface area contributed by atoms with Crippen molar-refractivity contribution in [2.45, 2.75) is 26.1 Å². The van der Waals surface area contributed by atoms with E-state index in [1.165, 1.54) is 0 Å². The first-order chi connectivity index (χ1) is 18.2. The lowest BCUT2D eigenvalue weighted by atomic mass is 10.1. The zero-order valence-corrected chi connectivity index (χ0v) is 22.1. The Bertz CT molecular complexity index is 1140. The molecule has 0 aliphatic heterocycles. The van der Waals surface area contributed by atoms with Crippen molar-refractivity contribution in [2.24, 2.45) is 0 Å². The highest BCUT2D eigenvalue weighted by molar-refractivity contribution is 5.89. The van der Waals surface area contributed by atoms with Crippen molar-refractivity contribution in [1.29, 1.82) is 0 Å². The standard InChI is InChI=1S/C30H36O8/c1-7-14-33-17-25(37-29(31)21(3)4)19-35-24-12-13-27-23(16-24)10-9-11-28(27)36-20-26(18-34-15-8-2)38-30(32)22(5)6/h7-13,16,25-26H,1-3,5,14-15,17-20H2,4,6H3. The van der Waals surface area contributed by atoms with Crippen LogP contribution in [0.1, 0.15) is 13.8 Å². The third-order valence-electron chi connectivity index (χ3n) is 5.00. The Balaban J connectivity index is 2.09. The van der Waals surface area contributed by atoms with Crippen LogP contribution in [0.5, 0.6) is 11.5 Å². The average molecular weight is 525 g/mol. The second kappa shape index (κ2) is 16.1. The normalized spacial score (nSPS) is 12.2. The minimum absolute atomic E-state index is 0.0913. The number of ether oxygens (including phenoxy) is 6. The van der Waals surface area contributed by atoms with Crippen molar-refractivity contribution in [1.82, 2.24) is 0 Å². The Labute approximate surface area is 224 Å². The molecule has 8 heteroatoms. The Morgan fingerprint density at radius 2 is 1.34 bits per heavy atom. The van der Waals surface area contributed by atoms with Gasteiger partial charge in [-0.05, 0) is 43.5 Å². The van der Waals surface area contributed by atoms with Crippen LogP contribution in [-0.4, -0.2) is 63.8 Å². The molecule has 0 saturated carbocycles. The molecule has 0 aliphatic rings. The summed E-state index contributed by atoms with van der Waals surface area (Å²) in [5.41, 5.74) is 0.584.